The first-order valence-electron chi connectivity index (χ1n) is 10.8. The molecule has 156 valence electrons. The number of aromatic amines is 1. The van der Waals surface area contributed by atoms with Crippen LogP contribution in [0.3, 0.4) is 0 Å². The molecule has 0 saturated carbocycles. The molecule has 1 atom stereocenters. The number of H-pyrrole nitrogens is 1. The molecule has 1 aliphatic carbocycles. The standard InChI is InChI=1S/C27H26N2O2/c1-18(30)27(14-19-15-28-26-13-7-6-8-20(19)26)29-17-31-16-25-23-11-4-2-9-21(23)22-10-3-5-12-24(22)25/h2-13,15,25,27-29H,14,16-17H2,1H3/t27-/m0/s1. The Balaban J connectivity index is 1.24. The summed E-state index contributed by atoms with van der Waals surface area (Å²) in [5.41, 5.74) is 7.44. The maximum absolute atomic E-state index is 12.3. The van der Waals surface area contributed by atoms with E-state index in [1.165, 1.54) is 22.3 Å². The number of hydrogen-bond donors (Lipinski definition) is 2. The molecule has 31 heavy (non-hydrogen) atoms. The number of carbonyl (C=O) groups is 1. The number of para-hydroxylation sites is 1. The van der Waals surface area contributed by atoms with Gasteiger partial charge in [-0.3, -0.25) is 10.1 Å². The van der Waals surface area contributed by atoms with E-state index in [2.05, 4.69) is 71.0 Å². The number of carbonyl (C=O) groups excluding carboxylic acids is 1. The van der Waals surface area contributed by atoms with Crippen LogP contribution >= 0.6 is 0 Å². The maximum atomic E-state index is 12.3. The largest absolute Gasteiger partial charge is 0.365 e. The highest BCUT2D eigenvalue weighted by atomic mass is 16.5. The second-order valence-electron chi connectivity index (χ2n) is 8.17. The molecule has 5 rings (SSSR count). The summed E-state index contributed by atoms with van der Waals surface area (Å²) in [6.07, 6.45) is 2.63. The number of rotatable bonds is 8. The predicted molar refractivity (Wildman–Crippen MR) is 124 cm³/mol. The van der Waals surface area contributed by atoms with Crippen molar-refractivity contribution in [1.82, 2.24) is 10.3 Å². The van der Waals surface area contributed by atoms with Gasteiger partial charge in [-0.25, -0.2) is 0 Å². The van der Waals surface area contributed by atoms with E-state index in [1.807, 2.05) is 18.3 Å². The number of ketones is 1. The lowest BCUT2D eigenvalue weighted by molar-refractivity contribution is -0.119. The minimum absolute atomic E-state index is 0.116. The summed E-state index contributed by atoms with van der Waals surface area (Å²) in [4.78, 5) is 15.5. The molecule has 4 heteroatoms. The van der Waals surface area contributed by atoms with Crippen molar-refractivity contribution in [3.05, 3.63) is 95.7 Å². The smallest absolute Gasteiger partial charge is 0.147 e. The van der Waals surface area contributed by atoms with Crippen molar-refractivity contribution >= 4 is 16.7 Å². The fourth-order valence-corrected chi connectivity index (χ4v) is 4.66. The van der Waals surface area contributed by atoms with E-state index in [9.17, 15) is 4.79 Å². The first-order valence-corrected chi connectivity index (χ1v) is 10.8. The van der Waals surface area contributed by atoms with Gasteiger partial charge in [0.1, 0.15) is 5.78 Å². The van der Waals surface area contributed by atoms with Gasteiger partial charge in [0.2, 0.25) is 0 Å². The second kappa shape index (κ2) is 8.50. The normalized spacial score (nSPS) is 13.8. The molecule has 0 saturated heterocycles. The van der Waals surface area contributed by atoms with Crippen molar-refractivity contribution in [2.45, 2.75) is 25.3 Å². The molecule has 0 aliphatic heterocycles. The third-order valence-corrected chi connectivity index (χ3v) is 6.27. The third kappa shape index (κ3) is 3.80. The Labute approximate surface area is 182 Å². The van der Waals surface area contributed by atoms with Crippen LogP contribution in [0.5, 0.6) is 0 Å². The summed E-state index contributed by atoms with van der Waals surface area (Å²) in [6, 6.07) is 25.0. The third-order valence-electron chi connectivity index (χ3n) is 6.27. The molecule has 0 radical (unpaired) electrons. The van der Waals surface area contributed by atoms with E-state index < -0.39 is 0 Å². The van der Waals surface area contributed by atoms with Crippen LogP contribution in [-0.2, 0) is 16.0 Å². The number of ether oxygens (including phenoxy) is 1. The van der Waals surface area contributed by atoms with Crippen LogP contribution in [0.25, 0.3) is 22.0 Å². The number of benzene rings is 3. The Morgan fingerprint density at radius 2 is 1.61 bits per heavy atom. The zero-order valence-electron chi connectivity index (χ0n) is 17.6. The van der Waals surface area contributed by atoms with Crippen LogP contribution in [0.1, 0.15) is 29.5 Å². The Hall–Kier alpha value is -3.21. The number of hydrogen-bond acceptors (Lipinski definition) is 3. The number of aromatic nitrogens is 1. The molecule has 0 spiro atoms. The van der Waals surface area contributed by atoms with Crippen molar-refractivity contribution in [3.63, 3.8) is 0 Å². The highest BCUT2D eigenvalue weighted by Gasteiger charge is 2.28. The van der Waals surface area contributed by atoms with E-state index in [1.54, 1.807) is 6.92 Å². The van der Waals surface area contributed by atoms with Crippen LogP contribution in [0.15, 0.2) is 79.0 Å². The second-order valence-corrected chi connectivity index (χ2v) is 8.17. The molecule has 0 unspecified atom stereocenters. The first kappa shape index (κ1) is 19.7. The summed E-state index contributed by atoms with van der Waals surface area (Å²) in [6.45, 7) is 2.56. The molecule has 1 aromatic heterocycles. The Bertz CT molecular complexity index is 1180. The Morgan fingerprint density at radius 1 is 0.968 bits per heavy atom. The summed E-state index contributed by atoms with van der Waals surface area (Å²) in [7, 11) is 0. The van der Waals surface area contributed by atoms with Crippen molar-refractivity contribution in [2.75, 3.05) is 13.3 Å². The fourth-order valence-electron chi connectivity index (χ4n) is 4.66. The van der Waals surface area contributed by atoms with Gasteiger partial charge in [-0.05, 0) is 47.2 Å². The van der Waals surface area contributed by atoms with Crippen LogP contribution in [0.4, 0.5) is 0 Å². The average molecular weight is 411 g/mol. The summed E-state index contributed by atoms with van der Waals surface area (Å²) < 4.78 is 6.05. The maximum Gasteiger partial charge on any atom is 0.147 e. The van der Waals surface area contributed by atoms with Crippen molar-refractivity contribution in [1.29, 1.82) is 0 Å². The first-order chi connectivity index (χ1) is 15.2. The molecule has 1 heterocycles. The highest BCUT2D eigenvalue weighted by molar-refractivity contribution is 5.86. The van der Waals surface area contributed by atoms with Gasteiger partial charge in [-0.15, -0.1) is 0 Å². The number of Topliss-reactive ketones (excluding diaryl/α,β-unsaturated/α-hetero) is 1. The van der Waals surface area contributed by atoms with E-state index in [4.69, 9.17) is 4.74 Å². The van der Waals surface area contributed by atoms with E-state index >= 15 is 0 Å². The van der Waals surface area contributed by atoms with E-state index in [0.717, 1.165) is 16.5 Å². The average Bonchev–Trinajstić information content (AvgIpc) is 3.35. The molecule has 4 nitrogen and oxygen atoms in total. The van der Waals surface area contributed by atoms with Gasteiger partial charge >= 0.3 is 0 Å². The van der Waals surface area contributed by atoms with E-state index in [0.29, 0.717) is 19.8 Å². The highest BCUT2D eigenvalue weighted by Crippen LogP contribution is 2.44. The lowest BCUT2D eigenvalue weighted by atomic mass is 9.98. The minimum atomic E-state index is -0.276. The van der Waals surface area contributed by atoms with Gasteiger partial charge in [0.05, 0.1) is 19.4 Å². The van der Waals surface area contributed by atoms with E-state index in [-0.39, 0.29) is 17.7 Å². The van der Waals surface area contributed by atoms with Crippen LogP contribution < -0.4 is 5.32 Å². The van der Waals surface area contributed by atoms with Crippen LogP contribution in [-0.4, -0.2) is 30.1 Å². The molecule has 4 aromatic rings. The Kier molecular flexibility index (Phi) is 5.41. The molecular weight excluding hydrogens is 384 g/mol. The van der Waals surface area contributed by atoms with Crippen molar-refractivity contribution in [3.8, 4) is 11.1 Å². The lowest BCUT2D eigenvalue weighted by Crippen LogP contribution is -2.38. The topological polar surface area (TPSA) is 54.1 Å². The molecular formula is C27H26N2O2. The quantitative estimate of drug-likeness (QED) is 0.316. The summed E-state index contributed by atoms with van der Waals surface area (Å²) >= 11 is 0. The predicted octanol–water partition coefficient (Wildman–Crippen LogP) is 5.04. The van der Waals surface area contributed by atoms with Crippen molar-refractivity contribution in [2.24, 2.45) is 0 Å². The summed E-state index contributed by atoms with van der Waals surface area (Å²) in [5.74, 6) is 0.337. The van der Waals surface area contributed by atoms with Crippen LogP contribution in [0, 0.1) is 0 Å². The minimum Gasteiger partial charge on any atom is -0.365 e. The molecule has 0 amide bonds. The zero-order chi connectivity index (χ0) is 21.2. The van der Waals surface area contributed by atoms with Gasteiger partial charge in [-0.2, -0.15) is 0 Å². The number of nitrogens with one attached hydrogen (secondary N) is 2. The molecule has 0 fully saturated rings. The molecule has 0 bridgehead atoms. The number of fused-ring (bicyclic) bond motifs is 4. The zero-order valence-corrected chi connectivity index (χ0v) is 17.6. The monoisotopic (exact) mass is 410 g/mol. The van der Waals surface area contributed by atoms with Gasteiger partial charge in [0.15, 0.2) is 0 Å². The fraction of sp³-hybridized carbons (Fsp3) is 0.222. The lowest BCUT2D eigenvalue weighted by Gasteiger charge is -2.18. The van der Waals surface area contributed by atoms with Gasteiger partial charge in [-0.1, -0.05) is 66.7 Å². The van der Waals surface area contributed by atoms with Gasteiger partial charge in [0, 0.05) is 23.0 Å². The van der Waals surface area contributed by atoms with Gasteiger partial charge in [0.25, 0.3) is 0 Å². The molecule has 1 aliphatic rings. The molecule has 3 aromatic carbocycles. The van der Waals surface area contributed by atoms with Crippen molar-refractivity contribution < 1.29 is 9.53 Å². The SMILES string of the molecule is CC(=O)[C@H](Cc1c[nH]c2ccccc12)NCOCC1c2ccccc2-c2ccccc21. The summed E-state index contributed by atoms with van der Waals surface area (Å²) in [5, 5.41) is 4.47. The molecule has 2 N–H and O–H groups in total. The Morgan fingerprint density at radius 3 is 2.32 bits per heavy atom. The van der Waals surface area contributed by atoms with Gasteiger partial charge < -0.3 is 9.72 Å². The van der Waals surface area contributed by atoms with Crippen LogP contribution in [0.2, 0.25) is 0 Å².